The Labute approximate surface area is 107 Å². The molecule has 2 atom stereocenters. The van der Waals surface area contributed by atoms with Crippen molar-refractivity contribution in [2.24, 2.45) is 5.92 Å². The Morgan fingerprint density at radius 1 is 1.41 bits per heavy atom. The number of benzene rings is 1. The van der Waals surface area contributed by atoms with Crippen LogP contribution in [0.15, 0.2) is 29.2 Å². The summed E-state index contributed by atoms with van der Waals surface area (Å²) in [6, 6.07) is 6.10. The van der Waals surface area contributed by atoms with E-state index in [1.165, 1.54) is 12.1 Å². The molecule has 0 aliphatic heterocycles. The fourth-order valence-corrected chi connectivity index (χ4v) is 3.24. The summed E-state index contributed by atoms with van der Waals surface area (Å²) in [4.78, 5) is 0.160. The lowest BCUT2D eigenvalue weighted by atomic mass is 10.0. The molecule has 1 N–H and O–H groups in total. The topological polar surface area (TPSA) is 54.4 Å². The Morgan fingerprint density at radius 2 is 2.06 bits per heavy atom. The van der Waals surface area contributed by atoms with Crippen molar-refractivity contribution in [2.45, 2.75) is 31.3 Å². The zero-order chi connectivity index (χ0) is 13.1. The van der Waals surface area contributed by atoms with Gasteiger partial charge in [0.05, 0.1) is 16.8 Å². The molecule has 0 amide bonds. The third kappa shape index (κ3) is 3.98. The van der Waals surface area contributed by atoms with E-state index in [1.807, 2.05) is 13.8 Å². The lowest BCUT2D eigenvalue weighted by Crippen LogP contribution is -2.27. The van der Waals surface area contributed by atoms with Gasteiger partial charge in [-0.25, -0.2) is 8.42 Å². The fraction of sp³-hybridized carbons (Fsp3) is 0.500. The molecule has 0 aliphatic carbocycles. The van der Waals surface area contributed by atoms with Crippen LogP contribution >= 0.6 is 11.6 Å². The van der Waals surface area contributed by atoms with Crippen LogP contribution in [0, 0.1) is 5.92 Å². The second-order valence-electron chi connectivity index (χ2n) is 4.19. The number of hydrogen-bond acceptors (Lipinski definition) is 3. The first-order chi connectivity index (χ1) is 7.86. The van der Waals surface area contributed by atoms with Crippen molar-refractivity contribution in [2.75, 3.05) is 5.75 Å². The summed E-state index contributed by atoms with van der Waals surface area (Å²) in [6.45, 7) is 3.75. The quantitative estimate of drug-likeness (QED) is 0.899. The molecule has 17 heavy (non-hydrogen) atoms. The Kier molecular flexibility index (Phi) is 4.98. The average Bonchev–Trinajstić information content (AvgIpc) is 2.27. The van der Waals surface area contributed by atoms with Gasteiger partial charge in [-0.15, -0.1) is 0 Å². The lowest BCUT2D eigenvalue weighted by molar-refractivity contribution is 0.135. The van der Waals surface area contributed by atoms with Gasteiger partial charge in [0, 0.05) is 5.02 Å². The van der Waals surface area contributed by atoms with E-state index in [0.29, 0.717) is 5.02 Å². The fourth-order valence-electron chi connectivity index (χ4n) is 1.42. The molecule has 0 aliphatic rings. The Balaban J connectivity index is 2.89. The summed E-state index contributed by atoms with van der Waals surface area (Å²) < 4.78 is 24.0. The molecule has 96 valence electrons. The Morgan fingerprint density at radius 3 is 2.59 bits per heavy atom. The van der Waals surface area contributed by atoms with Crippen LogP contribution in [0.25, 0.3) is 0 Å². The molecule has 0 bridgehead atoms. The van der Waals surface area contributed by atoms with Gasteiger partial charge in [0.2, 0.25) is 0 Å². The van der Waals surface area contributed by atoms with Gasteiger partial charge in [-0.05, 0) is 24.1 Å². The zero-order valence-corrected chi connectivity index (χ0v) is 11.5. The predicted octanol–water partition coefficient (Wildman–Crippen LogP) is 2.52. The molecule has 0 fully saturated rings. The van der Waals surface area contributed by atoms with Crippen LogP contribution in [-0.2, 0) is 9.84 Å². The molecule has 0 heterocycles. The molecule has 2 unspecified atom stereocenters. The molecule has 0 radical (unpaired) electrons. The van der Waals surface area contributed by atoms with E-state index in [-0.39, 0.29) is 16.6 Å². The number of rotatable bonds is 5. The highest BCUT2D eigenvalue weighted by Crippen LogP contribution is 2.19. The Bertz CT molecular complexity index is 470. The van der Waals surface area contributed by atoms with E-state index in [9.17, 15) is 13.5 Å². The van der Waals surface area contributed by atoms with Crippen molar-refractivity contribution in [1.82, 2.24) is 0 Å². The van der Waals surface area contributed by atoms with Crippen molar-refractivity contribution in [1.29, 1.82) is 0 Å². The summed E-state index contributed by atoms with van der Waals surface area (Å²) in [6.07, 6.45) is -0.101. The maximum Gasteiger partial charge on any atom is 0.180 e. The largest absolute Gasteiger partial charge is 0.392 e. The molecule has 3 nitrogen and oxygen atoms in total. The number of sulfone groups is 1. The smallest absolute Gasteiger partial charge is 0.180 e. The van der Waals surface area contributed by atoms with Crippen molar-refractivity contribution in [3.05, 3.63) is 29.3 Å². The number of hydrogen-bond donors (Lipinski definition) is 1. The normalized spacial score (nSPS) is 15.5. The van der Waals surface area contributed by atoms with Crippen LogP contribution < -0.4 is 0 Å². The van der Waals surface area contributed by atoms with Gasteiger partial charge >= 0.3 is 0 Å². The molecule has 0 saturated heterocycles. The van der Waals surface area contributed by atoms with Gasteiger partial charge in [0.1, 0.15) is 0 Å². The second kappa shape index (κ2) is 5.85. The van der Waals surface area contributed by atoms with Crippen LogP contribution in [-0.4, -0.2) is 25.4 Å². The van der Waals surface area contributed by atoms with E-state index in [0.717, 1.165) is 6.42 Å². The third-order valence-electron chi connectivity index (χ3n) is 2.85. The molecule has 0 spiro atoms. The maximum atomic E-state index is 12.0. The van der Waals surface area contributed by atoms with Crippen LogP contribution in [0.3, 0.4) is 0 Å². The van der Waals surface area contributed by atoms with Crippen molar-refractivity contribution >= 4 is 21.4 Å². The first kappa shape index (κ1) is 14.5. The molecular weight excluding hydrogens is 260 g/mol. The summed E-state index contributed by atoms with van der Waals surface area (Å²) in [5.74, 6) is -0.300. The van der Waals surface area contributed by atoms with Crippen molar-refractivity contribution < 1.29 is 13.5 Å². The van der Waals surface area contributed by atoms with Gasteiger partial charge in [-0.1, -0.05) is 37.9 Å². The minimum absolute atomic E-state index is 0.0380. The van der Waals surface area contributed by atoms with Gasteiger partial charge in [-0.2, -0.15) is 0 Å². The molecule has 5 heteroatoms. The van der Waals surface area contributed by atoms with Crippen molar-refractivity contribution in [3.63, 3.8) is 0 Å². The number of aliphatic hydroxyl groups is 1. The van der Waals surface area contributed by atoms with Crippen LogP contribution in [0.2, 0.25) is 5.02 Å². The van der Waals surface area contributed by atoms with E-state index in [4.69, 9.17) is 11.6 Å². The maximum absolute atomic E-state index is 12.0. The molecule has 0 aromatic heterocycles. The third-order valence-corrected chi connectivity index (χ3v) is 4.83. The highest BCUT2D eigenvalue weighted by molar-refractivity contribution is 7.91. The van der Waals surface area contributed by atoms with Crippen LogP contribution in [0.4, 0.5) is 0 Å². The number of aliphatic hydroxyl groups excluding tert-OH is 1. The van der Waals surface area contributed by atoms with Gasteiger partial charge in [0.15, 0.2) is 9.84 Å². The van der Waals surface area contributed by atoms with E-state index >= 15 is 0 Å². The van der Waals surface area contributed by atoms with Crippen LogP contribution in [0.5, 0.6) is 0 Å². The monoisotopic (exact) mass is 276 g/mol. The highest BCUT2D eigenvalue weighted by atomic mass is 35.5. The van der Waals surface area contributed by atoms with E-state index < -0.39 is 15.9 Å². The molecule has 1 aromatic carbocycles. The average molecular weight is 277 g/mol. The van der Waals surface area contributed by atoms with Gasteiger partial charge in [0.25, 0.3) is 0 Å². The Hall–Kier alpha value is -0.580. The van der Waals surface area contributed by atoms with Gasteiger partial charge in [-0.3, -0.25) is 0 Å². The summed E-state index contributed by atoms with van der Waals surface area (Å²) in [5.41, 5.74) is 0. The molecular formula is C12H17ClO3S. The van der Waals surface area contributed by atoms with E-state index in [2.05, 4.69) is 0 Å². The SMILES string of the molecule is CCC(C)C(O)CS(=O)(=O)c1cccc(Cl)c1. The second-order valence-corrected chi connectivity index (χ2v) is 6.66. The first-order valence-electron chi connectivity index (χ1n) is 5.53. The first-order valence-corrected chi connectivity index (χ1v) is 7.56. The standard InChI is InChI=1S/C12H17ClO3S/c1-3-9(2)12(14)8-17(15,16)11-6-4-5-10(13)7-11/h4-7,9,12,14H,3,8H2,1-2H3. The highest BCUT2D eigenvalue weighted by Gasteiger charge is 2.23. The summed E-state index contributed by atoms with van der Waals surface area (Å²) >= 11 is 5.75. The van der Waals surface area contributed by atoms with Crippen LogP contribution in [0.1, 0.15) is 20.3 Å². The minimum atomic E-state index is -3.47. The van der Waals surface area contributed by atoms with Gasteiger partial charge < -0.3 is 5.11 Å². The summed E-state index contributed by atoms with van der Waals surface area (Å²) in [7, 11) is -3.47. The molecule has 1 aromatic rings. The molecule has 1 rings (SSSR count). The predicted molar refractivity (Wildman–Crippen MR) is 69.0 cm³/mol. The minimum Gasteiger partial charge on any atom is -0.392 e. The summed E-state index contributed by atoms with van der Waals surface area (Å²) in [5, 5.41) is 10.2. The van der Waals surface area contributed by atoms with Crippen molar-refractivity contribution in [3.8, 4) is 0 Å². The zero-order valence-electron chi connectivity index (χ0n) is 9.93. The number of halogens is 1. The van der Waals surface area contributed by atoms with E-state index in [1.54, 1.807) is 12.1 Å². The molecule has 0 saturated carbocycles. The lowest BCUT2D eigenvalue weighted by Gasteiger charge is -2.17.